The molecule has 2 nitrogen and oxygen atoms in total. The number of hydrogen-bond acceptors (Lipinski definition) is 2. The zero-order valence-corrected chi connectivity index (χ0v) is 11.5. The smallest absolute Gasteiger partial charge is 0.130 e. The van der Waals surface area contributed by atoms with Gasteiger partial charge in [0.25, 0.3) is 0 Å². The summed E-state index contributed by atoms with van der Waals surface area (Å²) in [7, 11) is 0. The number of aryl methyl sites for hydroxylation is 2. The molecule has 1 aromatic heterocycles. The summed E-state index contributed by atoms with van der Waals surface area (Å²) in [5.74, 6) is 0.869. The summed E-state index contributed by atoms with van der Waals surface area (Å²) in [5.41, 5.74) is 3.13. The van der Waals surface area contributed by atoms with Gasteiger partial charge in [0.1, 0.15) is 12.4 Å². The van der Waals surface area contributed by atoms with E-state index in [-0.39, 0.29) is 0 Å². The van der Waals surface area contributed by atoms with Gasteiger partial charge < -0.3 is 4.74 Å². The summed E-state index contributed by atoms with van der Waals surface area (Å²) in [5, 5.41) is 0. The van der Waals surface area contributed by atoms with E-state index in [2.05, 4.69) is 20.9 Å². The molecule has 1 aromatic carbocycles. The lowest BCUT2D eigenvalue weighted by Crippen LogP contribution is -1.99. The van der Waals surface area contributed by atoms with Crippen LogP contribution in [0.1, 0.15) is 17.0 Å². The first-order valence-electron chi connectivity index (χ1n) is 5.46. The van der Waals surface area contributed by atoms with Gasteiger partial charge in [0.05, 0.1) is 5.69 Å². The zero-order chi connectivity index (χ0) is 12.3. The molecule has 2 aromatic rings. The van der Waals surface area contributed by atoms with Crippen LogP contribution in [0.4, 0.5) is 0 Å². The third kappa shape index (κ3) is 3.30. The minimum absolute atomic E-state index is 0.503. The van der Waals surface area contributed by atoms with Gasteiger partial charge in [-0.25, -0.2) is 0 Å². The summed E-state index contributed by atoms with van der Waals surface area (Å²) >= 11 is 3.47. The minimum Gasteiger partial charge on any atom is -0.487 e. The maximum Gasteiger partial charge on any atom is 0.130 e. The van der Waals surface area contributed by atoms with Crippen LogP contribution in [0.3, 0.4) is 0 Å². The van der Waals surface area contributed by atoms with Crippen molar-refractivity contribution < 1.29 is 4.74 Å². The highest BCUT2D eigenvalue weighted by molar-refractivity contribution is 9.10. The van der Waals surface area contributed by atoms with Crippen LogP contribution >= 0.6 is 15.9 Å². The molecule has 0 saturated heterocycles. The topological polar surface area (TPSA) is 22.1 Å². The predicted octanol–water partition coefficient (Wildman–Crippen LogP) is 4.04. The molecule has 1 heterocycles. The Bertz CT molecular complexity index is 525. The molecular formula is C14H14BrNO. The zero-order valence-electron chi connectivity index (χ0n) is 9.90. The lowest BCUT2D eigenvalue weighted by Gasteiger charge is -2.07. The fraction of sp³-hybridized carbons (Fsp3) is 0.214. The van der Waals surface area contributed by atoms with Crippen molar-refractivity contribution in [1.82, 2.24) is 4.98 Å². The minimum atomic E-state index is 0.503. The molecule has 0 amide bonds. The fourth-order valence-electron chi connectivity index (χ4n) is 1.54. The molecule has 3 heteroatoms. The van der Waals surface area contributed by atoms with Crippen LogP contribution in [0.15, 0.2) is 40.9 Å². The second kappa shape index (κ2) is 5.32. The maximum absolute atomic E-state index is 5.70. The number of hydrogen-bond donors (Lipinski definition) is 0. The standard InChI is InChI=1S/C14H14BrNO/c1-10-8-13(6-7-14(10)15)17-9-12-5-3-4-11(2)16-12/h3-8H,9H2,1-2H3. The number of halogens is 1. The molecule has 0 N–H and O–H groups in total. The largest absolute Gasteiger partial charge is 0.487 e. The van der Waals surface area contributed by atoms with E-state index in [1.807, 2.05) is 50.2 Å². The molecule has 0 atom stereocenters. The molecule has 0 spiro atoms. The van der Waals surface area contributed by atoms with Gasteiger partial charge in [0, 0.05) is 10.2 Å². The molecule has 0 aliphatic rings. The predicted molar refractivity (Wildman–Crippen MR) is 72.2 cm³/mol. The maximum atomic E-state index is 5.70. The van der Waals surface area contributed by atoms with Gasteiger partial charge in [-0.3, -0.25) is 4.98 Å². The Morgan fingerprint density at radius 2 is 2.00 bits per heavy atom. The SMILES string of the molecule is Cc1cccc(COc2ccc(Br)c(C)c2)n1. The number of nitrogens with zero attached hydrogens (tertiary/aromatic N) is 1. The van der Waals surface area contributed by atoms with Gasteiger partial charge >= 0.3 is 0 Å². The quantitative estimate of drug-likeness (QED) is 0.851. The third-order valence-electron chi connectivity index (χ3n) is 2.46. The van der Waals surface area contributed by atoms with E-state index in [9.17, 15) is 0 Å². The number of aromatic nitrogens is 1. The van der Waals surface area contributed by atoms with Gasteiger partial charge in [-0.1, -0.05) is 22.0 Å². The van der Waals surface area contributed by atoms with E-state index in [0.29, 0.717) is 6.61 Å². The first-order chi connectivity index (χ1) is 8.15. The van der Waals surface area contributed by atoms with Crippen LogP contribution in [0, 0.1) is 13.8 Å². The Labute approximate surface area is 110 Å². The Balaban J connectivity index is 2.05. The Kier molecular flexibility index (Phi) is 3.79. The molecule has 0 fully saturated rings. The van der Waals surface area contributed by atoms with Crippen molar-refractivity contribution in [3.63, 3.8) is 0 Å². The lowest BCUT2D eigenvalue weighted by atomic mass is 10.2. The molecule has 0 saturated carbocycles. The highest BCUT2D eigenvalue weighted by Crippen LogP contribution is 2.22. The summed E-state index contributed by atoms with van der Waals surface area (Å²) in [6.07, 6.45) is 0. The highest BCUT2D eigenvalue weighted by Gasteiger charge is 2.00. The third-order valence-corrected chi connectivity index (χ3v) is 3.35. The first kappa shape index (κ1) is 12.1. The summed E-state index contributed by atoms with van der Waals surface area (Å²) in [4.78, 5) is 4.39. The summed E-state index contributed by atoms with van der Waals surface area (Å²) in [6, 6.07) is 11.9. The van der Waals surface area contributed by atoms with Gasteiger partial charge in [0.2, 0.25) is 0 Å². The Morgan fingerprint density at radius 1 is 1.18 bits per heavy atom. The van der Waals surface area contributed by atoms with E-state index in [1.54, 1.807) is 0 Å². The van der Waals surface area contributed by atoms with Crippen LogP contribution in [0.5, 0.6) is 5.75 Å². The van der Waals surface area contributed by atoms with Gasteiger partial charge in [-0.15, -0.1) is 0 Å². The van der Waals surface area contributed by atoms with Crippen molar-refractivity contribution in [1.29, 1.82) is 0 Å². The molecular weight excluding hydrogens is 278 g/mol. The van der Waals surface area contributed by atoms with E-state index in [4.69, 9.17) is 4.74 Å². The van der Waals surface area contributed by atoms with Gasteiger partial charge in [-0.05, 0) is 49.7 Å². The van der Waals surface area contributed by atoms with Crippen molar-refractivity contribution >= 4 is 15.9 Å². The monoisotopic (exact) mass is 291 g/mol. The van der Waals surface area contributed by atoms with Crippen molar-refractivity contribution in [2.45, 2.75) is 20.5 Å². The molecule has 0 bridgehead atoms. The average Bonchev–Trinajstić information content (AvgIpc) is 2.31. The molecule has 0 unspecified atom stereocenters. The van der Waals surface area contributed by atoms with E-state index in [1.165, 1.54) is 5.56 Å². The fourth-order valence-corrected chi connectivity index (χ4v) is 1.79. The number of benzene rings is 1. The average molecular weight is 292 g/mol. The molecule has 0 aliphatic carbocycles. The van der Waals surface area contributed by atoms with Gasteiger partial charge in [-0.2, -0.15) is 0 Å². The number of ether oxygens (including phenoxy) is 1. The van der Waals surface area contributed by atoms with E-state index < -0.39 is 0 Å². The van der Waals surface area contributed by atoms with Crippen molar-refractivity contribution in [2.75, 3.05) is 0 Å². The molecule has 0 radical (unpaired) electrons. The number of pyridine rings is 1. The Hall–Kier alpha value is -1.35. The molecule has 17 heavy (non-hydrogen) atoms. The molecule has 88 valence electrons. The van der Waals surface area contributed by atoms with Gasteiger partial charge in [0.15, 0.2) is 0 Å². The summed E-state index contributed by atoms with van der Waals surface area (Å²) < 4.78 is 6.80. The number of rotatable bonds is 3. The molecule has 2 rings (SSSR count). The van der Waals surface area contributed by atoms with E-state index in [0.717, 1.165) is 21.6 Å². The summed E-state index contributed by atoms with van der Waals surface area (Å²) in [6.45, 7) is 4.53. The van der Waals surface area contributed by atoms with E-state index >= 15 is 0 Å². The Morgan fingerprint density at radius 3 is 2.71 bits per heavy atom. The van der Waals surface area contributed by atoms with Crippen molar-refractivity contribution in [3.05, 3.63) is 57.8 Å². The normalized spacial score (nSPS) is 10.3. The second-order valence-electron chi connectivity index (χ2n) is 3.97. The van der Waals surface area contributed by atoms with Crippen molar-refractivity contribution in [2.24, 2.45) is 0 Å². The van der Waals surface area contributed by atoms with Crippen LogP contribution in [0.25, 0.3) is 0 Å². The van der Waals surface area contributed by atoms with Crippen LogP contribution in [-0.2, 0) is 6.61 Å². The second-order valence-corrected chi connectivity index (χ2v) is 4.82. The first-order valence-corrected chi connectivity index (χ1v) is 6.26. The van der Waals surface area contributed by atoms with Crippen LogP contribution in [0.2, 0.25) is 0 Å². The molecule has 0 aliphatic heterocycles. The van der Waals surface area contributed by atoms with Crippen molar-refractivity contribution in [3.8, 4) is 5.75 Å². The lowest BCUT2D eigenvalue weighted by molar-refractivity contribution is 0.301. The van der Waals surface area contributed by atoms with Crippen LogP contribution < -0.4 is 4.74 Å². The highest BCUT2D eigenvalue weighted by atomic mass is 79.9. The van der Waals surface area contributed by atoms with Crippen LogP contribution in [-0.4, -0.2) is 4.98 Å².